The summed E-state index contributed by atoms with van der Waals surface area (Å²) in [5.41, 5.74) is 4.07. The molecule has 1 N–H and O–H groups in total. The number of carbonyl (C=O) groups is 1. The van der Waals surface area contributed by atoms with Gasteiger partial charge < -0.3 is 4.74 Å². The number of nitrogens with one attached hydrogen (secondary N) is 1. The number of ether oxygens (including phenoxy) is 1. The van der Waals surface area contributed by atoms with E-state index in [2.05, 4.69) is 26.5 Å². The van der Waals surface area contributed by atoms with Gasteiger partial charge in [0.15, 0.2) is 0 Å². The molecule has 1 amide bonds. The molecule has 4 rings (SSSR count). The highest BCUT2D eigenvalue weighted by atomic mass is 79.9. The summed E-state index contributed by atoms with van der Waals surface area (Å²) in [4.78, 5) is 23.3. The van der Waals surface area contributed by atoms with E-state index in [-0.39, 0.29) is 5.69 Å². The monoisotopic (exact) mass is 577 g/mol. The Balaban J connectivity index is 1.37. The van der Waals surface area contributed by atoms with Crippen molar-refractivity contribution in [2.75, 3.05) is 0 Å². The third kappa shape index (κ3) is 5.74. The van der Waals surface area contributed by atoms with Crippen molar-refractivity contribution in [3.05, 3.63) is 101 Å². The first-order valence-corrected chi connectivity index (χ1v) is 12.0. The van der Waals surface area contributed by atoms with Gasteiger partial charge in [0.25, 0.3) is 11.6 Å². The molecule has 172 valence electrons. The lowest BCUT2D eigenvalue weighted by molar-refractivity contribution is -0.384. The summed E-state index contributed by atoms with van der Waals surface area (Å²) in [7, 11) is 0. The van der Waals surface area contributed by atoms with Crippen molar-refractivity contribution < 1.29 is 14.5 Å². The molecule has 0 unspecified atom stereocenters. The molecular formula is C23H14BrCl2N3O4S. The molecule has 0 saturated carbocycles. The first kappa shape index (κ1) is 24.2. The number of carbonyl (C=O) groups excluding carboxylic acids is 1. The van der Waals surface area contributed by atoms with Crippen LogP contribution in [0.15, 0.2) is 70.2 Å². The van der Waals surface area contributed by atoms with Crippen molar-refractivity contribution in [3.8, 4) is 5.75 Å². The van der Waals surface area contributed by atoms with Crippen molar-refractivity contribution in [1.82, 2.24) is 5.43 Å². The zero-order valence-electron chi connectivity index (χ0n) is 17.1. The smallest absolute Gasteiger partial charge is 0.281 e. The maximum Gasteiger partial charge on any atom is 0.281 e. The molecule has 0 saturated heterocycles. The minimum atomic E-state index is -0.469. The molecule has 0 radical (unpaired) electrons. The van der Waals surface area contributed by atoms with Gasteiger partial charge in [-0.2, -0.15) is 5.10 Å². The van der Waals surface area contributed by atoms with Crippen LogP contribution < -0.4 is 10.2 Å². The highest BCUT2D eigenvalue weighted by Crippen LogP contribution is 2.29. The Morgan fingerprint density at radius 2 is 1.94 bits per heavy atom. The van der Waals surface area contributed by atoms with Crippen LogP contribution in [0, 0.1) is 10.1 Å². The number of nitro groups is 1. The molecule has 3 aromatic carbocycles. The van der Waals surface area contributed by atoms with E-state index < -0.39 is 10.8 Å². The van der Waals surface area contributed by atoms with Gasteiger partial charge in [-0.15, -0.1) is 11.3 Å². The van der Waals surface area contributed by atoms with Crippen molar-refractivity contribution in [3.63, 3.8) is 0 Å². The van der Waals surface area contributed by atoms with E-state index in [0.29, 0.717) is 37.1 Å². The normalized spacial score (nSPS) is 11.1. The molecule has 4 aromatic rings. The number of hydrogen-bond acceptors (Lipinski definition) is 6. The van der Waals surface area contributed by atoms with E-state index in [9.17, 15) is 14.9 Å². The number of hydrogen-bond donors (Lipinski definition) is 1. The Hall–Kier alpha value is -2.98. The molecule has 0 fully saturated rings. The van der Waals surface area contributed by atoms with Crippen LogP contribution in [0.4, 0.5) is 5.69 Å². The van der Waals surface area contributed by atoms with Gasteiger partial charge in [0.2, 0.25) is 0 Å². The van der Waals surface area contributed by atoms with Gasteiger partial charge in [0.1, 0.15) is 12.4 Å². The molecule has 0 spiro atoms. The predicted octanol–water partition coefficient (Wildman–Crippen LogP) is 7.22. The Labute approximate surface area is 216 Å². The zero-order chi connectivity index (χ0) is 24.2. The van der Waals surface area contributed by atoms with E-state index in [1.54, 1.807) is 42.5 Å². The molecule has 0 aliphatic heterocycles. The van der Waals surface area contributed by atoms with Crippen LogP contribution in [0.25, 0.3) is 10.1 Å². The van der Waals surface area contributed by atoms with Gasteiger partial charge in [-0.1, -0.05) is 29.3 Å². The number of nitrogens with zero attached hydrogens (tertiary/aromatic N) is 2. The van der Waals surface area contributed by atoms with E-state index in [4.69, 9.17) is 27.9 Å². The average molecular weight is 579 g/mol. The largest absolute Gasteiger partial charge is 0.488 e. The van der Waals surface area contributed by atoms with Gasteiger partial charge in [0, 0.05) is 22.2 Å². The number of thiophene rings is 1. The minimum Gasteiger partial charge on any atom is -0.488 e. The molecule has 1 aromatic heterocycles. The molecule has 0 aliphatic carbocycles. The number of halogens is 3. The number of amides is 1. The molecule has 34 heavy (non-hydrogen) atoms. The summed E-state index contributed by atoms with van der Waals surface area (Å²) < 4.78 is 7.32. The Bertz CT molecular complexity index is 1440. The maximum atomic E-state index is 12.4. The summed E-state index contributed by atoms with van der Waals surface area (Å²) in [6.07, 6.45) is 1.50. The molecule has 1 heterocycles. The molecular weight excluding hydrogens is 565 g/mol. The predicted molar refractivity (Wildman–Crippen MR) is 138 cm³/mol. The van der Waals surface area contributed by atoms with Crippen LogP contribution >= 0.6 is 50.5 Å². The van der Waals surface area contributed by atoms with E-state index in [1.165, 1.54) is 29.7 Å². The first-order chi connectivity index (χ1) is 16.3. The van der Waals surface area contributed by atoms with E-state index in [0.717, 1.165) is 15.8 Å². The molecule has 11 heteroatoms. The lowest BCUT2D eigenvalue weighted by atomic mass is 10.2. The summed E-state index contributed by atoms with van der Waals surface area (Å²) in [5.74, 6) is 0.229. The third-order valence-electron chi connectivity index (χ3n) is 4.65. The van der Waals surface area contributed by atoms with Crippen molar-refractivity contribution in [1.29, 1.82) is 0 Å². The zero-order valence-corrected chi connectivity index (χ0v) is 21.0. The lowest BCUT2D eigenvalue weighted by Crippen LogP contribution is -2.16. The minimum absolute atomic E-state index is 0.0229. The summed E-state index contributed by atoms with van der Waals surface area (Å²) in [6.45, 7) is 0.317. The fourth-order valence-corrected chi connectivity index (χ4v) is 4.75. The van der Waals surface area contributed by atoms with Crippen LogP contribution in [0.1, 0.15) is 20.8 Å². The quantitative estimate of drug-likeness (QED) is 0.142. The Kier molecular flexibility index (Phi) is 7.47. The Morgan fingerprint density at radius 3 is 2.68 bits per heavy atom. The van der Waals surface area contributed by atoms with Crippen LogP contribution in [-0.4, -0.2) is 17.0 Å². The molecule has 0 aliphatic rings. The van der Waals surface area contributed by atoms with Crippen molar-refractivity contribution >= 4 is 78.4 Å². The van der Waals surface area contributed by atoms with Gasteiger partial charge in [-0.3, -0.25) is 14.9 Å². The van der Waals surface area contributed by atoms with Gasteiger partial charge >= 0.3 is 0 Å². The summed E-state index contributed by atoms with van der Waals surface area (Å²) >= 11 is 16.7. The van der Waals surface area contributed by atoms with Crippen molar-refractivity contribution in [2.24, 2.45) is 5.10 Å². The number of non-ortho nitro benzene ring substituents is 1. The molecule has 0 atom stereocenters. The third-order valence-corrected chi connectivity index (χ3v) is 7.12. The second-order valence-electron chi connectivity index (χ2n) is 7.02. The van der Waals surface area contributed by atoms with Crippen LogP contribution in [0.3, 0.4) is 0 Å². The van der Waals surface area contributed by atoms with Crippen LogP contribution in [0.2, 0.25) is 10.0 Å². The fourth-order valence-electron chi connectivity index (χ4n) is 2.98. The van der Waals surface area contributed by atoms with Crippen LogP contribution in [-0.2, 0) is 6.61 Å². The van der Waals surface area contributed by atoms with Gasteiger partial charge in [0.05, 0.1) is 30.5 Å². The highest BCUT2D eigenvalue weighted by Gasteiger charge is 2.13. The second-order valence-corrected chi connectivity index (χ2v) is 9.77. The van der Waals surface area contributed by atoms with Gasteiger partial charge in [-0.25, -0.2) is 5.43 Å². The summed E-state index contributed by atoms with van der Waals surface area (Å²) in [5, 5.41) is 16.5. The second kappa shape index (κ2) is 10.5. The topological polar surface area (TPSA) is 93.8 Å². The molecule has 0 bridgehead atoms. The average Bonchev–Trinajstić information content (AvgIpc) is 3.24. The lowest BCUT2D eigenvalue weighted by Gasteiger charge is -2.09. The Morgan fingerprint density at radius 1 is 1.12 bits per heavy atom. The summed E-state index contributed by atoms with van der Waals surface area (Å²) in [6, 6.07) is 16.8. The van der Waals surface area contributed by atoms with Crippen molar-refractivity contribution in [2.45, 2.75) is 6.61 Å². The fraction of sp³-hybridized carbons (Fsp3) is 0.0435. The SMILES string of the molecule is O=C(N/N=C\c1ccc(OCc2ccc(Cl)c(Cl)c2)c(Br)c1)c1cc2cc([N+](=O)[O-])ccc2s1. The first-order valence-electron chi connectivity index (χ1n) is 9.68. The number of benzene rings is 3. The number of rotatable bonds is 7. The number of nitro benzene ring substituents is 1. The maximum absolute atomic E-state index is 12.4. The van der Waals surface area contributed by atoms with E-state index >= 15 is 0 Å². The standard InChI is InChI=1S/C23H14BrCl2N3O4S/c24-17-7-13(2-5-20(17)33-12-14-1-4-18(25)19(26)8-14)11-27-28-23(30)22-10-15-9-16(29(31)32)3-6-21(15)34-22/h1-11H,12H2,(H,28,30)/b27-11-. The number of hydrazone groups is 1. The molecule has 7 nitrogen and oxygen atoms in total. The number of fused-ring (bicyclic) bond motifs is 1. The van der Waals surface area contributed by atoms with Crippen LogP contribution in [0.5, 0.6) is 5.75 Å². The van der Waals surface area contributed by atoms with E-state index in [1.807, 2.05) is 6.07 Å². The van der Waals surface area contributed by atoms with Gasteiger partial charge in [-0.05, 0) is 69.5 Å². The highest BCUT2D eigenvalue weighted by molar-refractivity contribution is 9.10.